The summed E-state index contributed by atoms with van der Waals surface area (Å²) >= 11 is 6.05. The number of benzene rings is 1. The molecule has 1 fully saturated rings. The Labute approximate surface area is 158 Å². The van der Waals surface area contributed by atoms with Gasteiger partial charge < -0.3 is 4.90 Å². The van der Waals surface area contributed by atoms with Crippen LogP contribution in [-0.4, -0.2) is 38.8 Å². The minimum atomic E-state index is -3.19. The number of piperidine rings is 1. The summed E-state index contributed by atoms with van der Waals surface area (Å²) in [5, 5.41) is 10.9. The normalized spacial score (nSPS) is 18.0. The molecule has 1 unspecified atom stereocenters. The van der Waals surface area contributed by atoms with Crippen molar-refractivity contribution in [2.24, 2.45) is 0 Å². The topological polar surface area (TPSA) is 86.1 Å². The lowest BCUT2D eigenvalue weighted by atomic mass is 9.99. The van der Waals surface area contributed by atoms with E-state index in [0.717, 1.165) is 42.5 Å². The zero-order valence-corrected chi connectivity index (χ0v) is 16.1. The van der Waals surface area contributed by atoms with Gasteiger partial charge in [-0.15, -0.1) is 0 Å². The third kappa shape index (κ3) is 4.44. The van der Waals surface area contributed by atoms with E-state index < -0.39 is 10.0 Å². The van der Waals surface area contributed by atoms with Crippen LogP contribution < -0.4 is 9.62 Å². The molecule has 138 valence electrons. The van der Waals surface area contributed by atoms with Gasteiger partial charge in [0.25, 0.3) is 0 Å². The van der Waals surface area contributed by atoms with Crippen LogP contribution in [0.4, 0.5) is 5.82 Å². The second kappa shape index (κ2) is 7.78. The Morgan fingerprint density at radius 2 is 2.19 bits per heavy atom. The Morgan fingerprint density at radius 3 is 2.92 bits per heavy atom. The van der Waals surface area contributed by atoms with E-state index in [1.54, 1.807) is 18.2 Å². The SMILES string of the molecule is CS(=O)(=O)NCCC1CCCCN1c1cc(C#N)c2cc(Cl)ccc2n1. The first-order valence-electron chi connectivity index (χ1n) is 8.59. The van der Waals surface area contributed by atoms with Gasteiger partial charge in [0.1, 0.15) is 5.82 Å². The molecule has 0 amide bonds. The summed E-state index contributed by atoms with van der Waals surface area (Å²) in [6.45, 7) is 1.24. The van der Waals surface area contributed by atoms with Gasteiger partial charge in [-0.2, -0.15) is 5.26 Å². The van der Waals surface area contributed by atoms with Gasteiger partial charge in [0.15, 0.2) is 0 Å². The van der Waals surface area contributed by atoms with Gasteiger partial charge >= 0.3 is 0 Å². The van der Waals surface area contributed by atoms with Crippen molar-refractivity contribution in [2.75, 3.05) is 24.2 Å². The van der Waals surface area contributed by atoms with Crippen molar-refractivity contribution < 1.29 is 8.42 Å². The molecule has 0 bridgehead atoms. The van der Waals surface area contributed by atoms with Gasteiger partial charge in [-0.25, -0.2) is 18.1 Å². The smallest absolute Gasteiger partial charge is 0.208 e. The highest BCUT2D eigenvalue weighted by atomic mass is 35.5. The van der Waals surface area contributed by atoms with Crippen LogP contribution >= 0.6 is 11.6 Å². The summed E-state index contributed by atoms with van der Waals surface area (Å²) in [5.41, 5.74) is 1.29. The van der Waals surface area contributed by atoms with E-state index in [9.17, 15) is 13.7 Å². The van der Waals surface area contributed by atoms with Crippen LogP contribution in [0.15, 0.2) is 24.3 Å². The minimum Gasteiger partial charge on any atom is -0.354 e. The summed E-state index contributed by atoms with van der Waals surface area (Å²) in [5.74, 6) is 0.764. The number of nitrogens with one attached hydrogen (secondary N) is 1. The van der Waals surface area contributed by atoms with Crippen LogP contribution in [0.1, 0.15) is 31.2 Å². The summed E-state index contributed by atoms with van der Waals surface area (Å²) in [6, 6.07) is 9.60. The number of halogens is 1. The average molecular weight is 393 g/mol. The zero-order valence-electron chi connectivity index (χ0n) is 14.6. The van der Waals surface area contributed by atoms with Crippen LogP contribution in [0, 0.1) is 11.3 Å². The van der Waals surface area contributed by atoms with E-state index in [1.165, 1.54) is 6.26 Å². The number of sulfonamides is 1. The van der Waals surface area contributed by atoms with Crippen LogP contribution in [-0.2, 0) is 10.0 Å². The molecule has 1 aliphatic rings. The second-order valence-corrected chi connectivity index (χ2v) is 8.87. The van der Waals surface area contributed by atoms with E-state index in [1.807, 2.05) is 6.07 Å². The fourth-order valence-corrected chi connectivity index (χ4v) is 4.10. The molecule has 0 radical (unpaired) electrons. The van der Waals surface area contributed by atoms with Crippen molar-refractivity contribution in [1.29, 1.82) is 5.26 Å². The van der Waals surface area contributed by atoms with E-state index in [2.05, 4.69) is 15.7 Å². The maximum absolute atomic E-state index is 11.3. The standard InChI is InChI=1S/C18H21ClN4O2S/c1-26(24,25)21-8-7-15-4-2-3-9-23(15)18-10-13(12-20)16-11-14(19)5-6-17(16)22-18/h5-6,10-11,15,21H,2-4,7-9H2,1H3. The molecule has 2 aromatic rings. The molecule has 8 heteroatoms. The number of pyridine rings is 1. The number of aromatic nitrogens is 1. The molecule has 1 N–H and O–H groups in total. The lowest BCUT2D eigenvalue weighted by Crippen LogP contribution is -2.42. The Bertz CT molecular complexity index is 956. The minimum absolute atomic E-state index is 0.196. The highest BCUT2D eigenvalue weighted by Gasteiger charge is 2.24. The Kier molecular flexibility index (Phi) is 5.66. The molecule has 26 heavy (non-hydrogen) atoms. The van der Waals surface area contributed by atoms with Gasteiger partial charge in [0.05, 0.1) is 23.4 Å². The first-order chi connectivity index (χ1) is 12.4. The van der Waals surface area contributed by atoms with E-state index >= 15 is 0 Å². The lowest BCUT2D eigenvalue weighted by Gasteiger charge is -2.37. The maximum atomic E-state index is 11.3. The quantitative estimate of drug-likeness (QED) is 0.845. The van der Waals surface area contributed by atoms with Gasteiger partial charge in [-0.05, 0) is 49.9 Å². The molecular formula is C18H21ClN4O2S. The maximum Gasteiger partial charge on any atom is 0.208 e. The molecule has 2 heterocycles. The van der Waals surface area contributed by atoms with E-state index in [-0.39, 0.29) is 6.04 Å². The van der Waals surface area contributed by atoms with Crippen LogP contribution in [0.3, 0.4) is 0 Å². The third-order valence-corrected chi connectivity index (χ3v) is 5.60. The Hall–Kier alpha value is -1.88. The highest BCUT2D eigenvalue weighted by Crippen LogP contribution is 2.29. The van der Waals surface area contributed by atoms with E-state index in [4.69, 9.17) is 16.6 Å². The van der Waals surface area contributed by atoms with Crippen molar-refractivity contribution in [3.05, 3.63) is 34.9 Å². The summed E-state index contributed by atoms with van der Waals surface area (Å²) < 4.78 is 25.2. The van der Waals surface area contributed by atoms with Crippen molar-refractivity contribution in [2.45, 2.75) is 31.7 Å². The molecular weight excluding hydrogens is 372 g/mol. The first-order valence-corrected chi connectivity index (χ1v) is 10.9. The number of anilines is 1. The Balaban J connectivity index is 1.90. The lowest BCUT2D eigenvalue weighted by molar-refractivity contribution is 0.434. The van der Waals surface area contributed by atoms with Gasteiger partial charge in [-0.1, -0.05) is 11.6 Å². The number of nitriles is 1. The van der Waals surface area contributed by atoms with E-state index in [0.29, 0.717) is 23.6 Å². The fraction of sp³-hybridized carbons (Fsp3) is 0.444. The van der Waals surface area contributed by atoms with Crippen molar-refractivity contribution in [1.82, 2.24) is 9.71 Å². The number of nitrogens with zero attached hydrogens (tertiary/aromatic N) is 3. The van der Waals surface area contributed by atoms with Crippen molar-refractivity contribution in [3.8, 4) is 6.07 Å². The van der Waals surface area contributed by atoms with Gasteiger partial charge in [0.2, 0.25) is 10.0 Å². The number of fused-ring (bicyclic) bond motifs is 1. The van der Waals surface area contributed by atoms with Crippen molar-refractivity contribution >= 4 is 38.3 Å². The average Bonchev–Trinajstić information content (AvgIpc) is 2.60. The fourth-order valence-electron chi connectivity index (χ4n) is 3.44. The second-order valence-electron chi connectivity index (χ2n) is 6.60. The molecule has 1 aromatic carbocycles. The molecule has 0 saturated carbocycles. The molecule has 6 nitrogen and oxygen atoms in total. The predicted molar refractivity (Wildman–Crippen MR) is 104 cm³/mol. The highest BCUT2D eigenvalue weighted by molar-refractivity contribution is 7.88. The zero-order chi connectivity index (χ0) is 18.7. The molecule has 1 atom stereocenters. The summed E-state index contributed by atoms with van der Waals surface area (Å²) in [7, 11) is -3.19. The van der Waals surface area contributed by atoms with Gasteiger partial charge in [0, 0.05) is 29.5 Å². The number of hydrogen-bond donors (Lipinski definition) is 1. The molecule has 3 rings (SSSR count). The first kappa shape index (κ1) is 18.9. The molecule has 0 spiro atoms. The summed E-state index contributed by atoms with van der Waals surface area (Å²) in [6.07, 6.45) is 5.01. The molecule has 1 aliphatic heterocycles. The van der Waals surface area contributed by atoms with Crippen LogP contribution in [0.25, 0.3) is 10.9 Å². The molecule has 1 saturated heterocycles. The predicted octanol–water partition coefficient (Wildman–Crippen LogP) is 3.06. The molecule has 0 aliphatic carbocycles. The van der Waals surface area contributed by atoms with Gasteiger partial charge in [-0.3, -0.25) is 0 Å². The summed E-state index contributed by atoms with van der Waals surface area (Å²) in [4.78, 5) is 6.93. The largest absolute Gasteiger partial charge is 0.354 e. The Morgan fingerprint density at radius 1 is 1.38 bits per heavy atom. The van der Waals surface area contributed by atoms with Crippen molar-refractivity contribution in [3.63, 3.8) is 0 Å². The third-order valence-electron chi connectivity index (χ3n) is 4.64. The monoisotopic (exact) mass is 392 g/mol. The number of hydrogen-bond acceptors (Lipinski definition) is 5. The number of rotatable bonds is 5. The van der Waals surface area contributed by atoms with Crippen LogP contribution in [0.2, 0.25) is 5.02 Å². The molecule has 1 aromatic heterocycles. The van der Waals surface area contributed by atoms with Crippen LogP contribution in [0.5, 0.6) is 0 Å².